The van der Waals surface area contributed by atoms with Gasteiger partial charge in [0, 0.05) is 25.4 Å². The van der Waals surface area contributed by atoms with Gasteiger partial charge in [-0.1, -0.05) is 0 Å². The maximum Gasteiger partial charge on any atom is 0.193 e. The van der Waals surface area contributed by atoms with Crippen molar-refractivity contribution in [1.82, 2.24) is 4.98 Å². The Morgan fingerprint density at radius 1 is 1.10 bits per heavy atom. The molecule has 1 fully saturated rings. The molecule has 0 unspecified atom stereocenters. The molecule has 1 aromatic heterocycles. The van der Waals surface area contributed by atoms with Crippen LogP contribution >= 0.6 is 0 Å². The predicted octanol–water partition coefficient (Wildman–Crippen LogP) is 3.80. The fourth-order valence-corrected chi connectivity index (χ4v) is 3.35. The van der Waals surface area contributed by atoms with Crippen molar-refractivity contribution in [3.05, 3.63) is 42.1 Å². The highest BCUT2D eigenvalue weighted by molar-refractivity contribution is 5.94. The van der Waals surface area contributed by atoms with Gasteiger partial charge in [0.2, 0.25) is 0 Å². The highest BCUT2D eigenvalue weighted by atomic mass is 16.5. The first-order chi connectivity index (χ1) is 14.2. The third kappa shape index (κ3) is 6.01. The van der Waals surface area contributed by atoms with Crippen LogP contribution in [0.1, 0.15) is 38.7 Å². The highest BCUT2D eigenvalue weighted by Gasteiger charge is 2.12. The Labute approximate surface area is 172 Å². The van der Waals surface area contributed by atoms with Crippen LogP contribution in [-0.2, 0) is 6.54 Å². The van der Waals surface area contributed by atoms with Crippen LogP contribution < -0.4 is 25.4 Å². The molecule has 0 saturated carbocycles. The molecule has 1 aliphatic heterocycles. The first kappa shape index (κ1) is 20.8. The summed E-state index contributed by atoms with van der Waals surface area (Å²) in [7, 11) is 0. The van der Waals surface area contributed by atoms with Gasteiger partial charge in [-0.25, -0.2) is 9.98 Å². The van der Waals surface area contributed by atoms with Gasteiger partial charge in [-0.2, -0.15) is 0 Å². The van der Waals surface area contributed by atoms with Gasteiger partial charge in [0.25, 0.3) is 0 Å². The van der Waals surface area contributed by atoms with Crippen LogP contribution in [0, 0.1) is 0 Å². The van der Waals surface area contributed by atoms with Crippen molar-refractivity contribution in [1.29, 1.82) is 0 Å². The van der Waals surface area contributed by atoms with E-state index in [0.29, 0.717) is 31.5 Å². The Bertz CT molecular complexity index is 819. The summed E-state index contributed by atoms with van der Waals surface area (Å²) < 4.78 is 11.2. The van der Waals surface area contributed by atoms with Gasteiger partial charge in [-0.15, -0.1) is 0 Å². The molecule has 3 N–H and O–H groups in total. The number of hydrogen-bond acceptors (Lipinski definition) is 5. The van der Waals surface area contributed by atoms with Gasteiger partial charge in [-0.05, 0) is 62.9 Å². The molecule has 7 nitrogen and oxygen atoms in total. The van der Waals surface area contributed by atoms with Gasteiger partial charge in [0.05, 0.1) is 25.4 Å². The Morgan fingerprint density at radius 2 is 1.90 bits per heavy atom. The number of rotatable bonds is 8. The number of piperidine rings is 1. The lowest BCUT2D eigenvalue weighted by atomic mass is 10.1. The highest BCUT2D eigenvalue weighted by Crippen LogP contribution is 2.29. The van der Waals surface area contributed by atoms with Crippen LogP contribution in [0.3, 0.4) is 0 Å². The number of aliphatic imine (C=N–C) groups is 1. The van der Waals surface area contributed by atoms with Crippen molar-refractivity contribution < 1.29 is 9.47 Å². The second-order valence-corrected chi connectivity index (χ2v) is 6.92. The molecular formula is C22H31N5O2. The van der Waals surface area contributed by atoms with E-state index in [-0.39, 0.29) is 0 Å². The van der Waals surface area contributed by atoms with E-state index in [0.717, 1.165) is 35.9 Å². The molecule has 0 bridgehead atoms. The number of aromatic nitrogens is 1. The van der Waals surface area contributed by atoms with E-state index in [4.69, 9.17) is 15.2 Å². The van der Waals surface area contributed by atoms with E-state index in [2.05, 4.69) is 26.3 Å². The van der Waals surface area contributed by atoms with Crippen molar-refractivity contribution in [2.45, 2.75) is 39.7 Å². The molecule has 3 rings (SSSR count). The number of pyridine rings is 1. The van der Waals surface area contributed by atoms with Gasteiger partial charge in [0.1, 0.15) is 17.3 Å². The van der Waals surface area contributed by atoms with Gasteiger partial charge in [0.15, 0.2) is 5.96 Å². The van der Waals surface area contributed by atoms with Crippen molar-refractivity contribution in [3.8, 4) is 11.5 Å². The van der Waals surface area contributed by atoms with E-state index in [1.54, 1.807) is 0 Å². The molecule has 156 valence electrons. The van der Waals surface area contributed by atoms with Crippen LogP contribution in [-0.4, -0.2) is 37.2 Å². The third-order valence-electron chi connectivity index (χ3n) is 4.75. The molecule has 2 heterocycles. The number of nitrogens with one attached hydrogen (secondary N) is 1. The lowest BCUT2D eigenvalue weighted by Gasteiger charge is -2.27. The average molecular weight is 398 g/mol. The molecule has 0 aliphatic carbocycles. The molecule has 1 saturated heterocycles. The Hall–Kier alpha value is -2.96. The first-order valence-corrected chi connectivity index (χ1v) is 10.4. The predicted molar refractivity (Wildman–Crippen MR) is 118 cm³/mol. The van der Waals surface area contributed by atoms with Gasteiger partial charge in [-0.3, -0.25) is 0 Å². The average Bonchev–Trinajstić information content (AvgIpc) is 2.75. The first-order valence-electron chi connectivity index (χ1n) is 10.4. The maximum atomic E-state index is 6.14. The molecule has 7 heteroatoms. The number of benzene rings is 1. The number of hydrogen-bond donors (Lipinski definition) is 2. The summed E-state index contributed by atoms with van der Waals surface area (Å²) in [5.74, 6) is 2.82. The maximum absolute atomic E-state index is 6.14. The molecule has 29 heavy (non-hydrogen) atoms. The molecule has 1 aliphatic rings. The lowest BCUT2D eigenvalue weighted by molar-refractivity contribution is 0.332. The fourth-order valence-electron chi connectivity index (χ4n) is 3.35. The van der Waals surface area contributed by atoms with Crippen LogP contribution in [0.2, 0.25) is 0 Å². The van der Waals surface area contributed by atoms with E-state index in [1.165, 1.54) is 19.3 Å². The Morgan fingerprint density at radius 3 is 2.66 bits per heavy atom. The van der Waals surface area contributed by atoms with Crippen LogP contribution in [0.25, 0.3) is 0 Å². The topological polar surface area (TPSA) is 85.0 Å². The lowest BCUT2D eigenvalue weighted by Crippen LogP contribution is -2.30. The van der Waals surface area contributed by atoms with Crippen LogP contribution in [0.4, 0.5) is 11.5 Å². The van der Waals surface area contributed by atoms with E-state index >= 15 is 0 Å². The summed E-state index contributed by atoms with van der Waals surface area (Å²) in [4.78, 5) is 11.3. The standard InChI is InChI=1S/C22H31N5O2/c1-3-28-18-8-9-20(29-4-2)19(15-18)26-22(23)25-16-17-10-11-24-21(14-17)27-12-6-5-7-13-27/h8-11,14-15H,3-7,12-13,16H2,1-2H3,(H3,23,25,26). The third-order valence-corrected chi connectivity index (χ3v) is 4.75. The number of ether oxygens (including phenoxy) is 2. The summed E-state index contributed by atoms with van der Waals surface area (Å²) in [6, 6.07) is 9.71. The SMILES string of the molecule is CCOc1ccc(OCC)c(NC(N)=NCc2ccnc(N3CCCCC3)c2)c1. The van der Waals surface area contributed by atoms with Gasteiger partial charge >= 0.3 is 0 Å². The molecule has 2 aromatic rings. The van der Waals surface area contributed by atoms with Gasteiger partial charge < -0.3 is 25.4 Å². The second kappa shape index (κ2) is 10.5. The molecule has 0 atom stereocenters. The molecular weight excluding hydrogens is 366 g/mol. The van der Waals surface area contributed by atoms with Crippen LogP contribution in [0.15, 0.2) is 41.5 Å². The van der Waals surface area contributed by atoms with E-state index < -0.39 is 0 Å². The summed E-state index contributed by atoms with van der Waals surface area (Å²) in [6.07, 6.45) is 5.60. The Kier molecular flexibility index (Phi) is 7.55. The number of nitrogens with two attached hydrogens (primary N) is 1. The summed E-state index contributed by atoms with van der Waals surface area (Å²) >= 11 is 0. The summed E-state index contributed by atoms with van der Waals surface area (Å²) in [6.45, 7) is 7.68. The smallest absolute Gasteiger partial charge is 0.193 e. The summed E-state index contributed by atoms with van der Waals surface area (Å²) in [5.41, 5.74) is 7.96. The van der Waals surface area contributed by atoms with Crippen molar-refractivity contribution in [3.63, 3.8) is 0 Å². The minimum Gasteiger partial charge on any atom is -0.494 e. The molecule has 0 spiro atoms. The minimum absolute atomic E-state index is 0.330. The number of guanidine groups is 1. The summed E-state index contributed by atoms with van der Waals surface area (Å²) in [5, 5.41) is 3.14. The van der Waals surface area contributed by atoms with Crippen molar-refractivity contribution in [2.75, 3.05) is 36.5 Å². The zero-order chi connectivity index (χ0) is 20.5. The van der Waals surface area contributed by atoms with Crippen molar-refractivity contribution >= 4 is 17.5 Å². The number of anilines is 2. The molecule has 0 amide bonds. The number of nitrogens with zero attached hydrogens (tertiary/aromatic N) is 3. The zero-order valence-corrected chi connectivity index (χ0v) is 17.4. The largest absolute Gasteiger partial charge is 0.494 e. The van der Waals surface area contributed by atoms with Crippen LogP contribution in [0.5, 0.6) is 11.5 Å². The van der Waals surface area contributed by atoms with E-state index in [1.807, 2.05) is 44.3 Å². The fraction of sp³-hybridized carbons (Fsp3) is 0.455. The minimum atomic E-state index is 0.330. The van der Waals surface area contributed by atoms with E-state index in [9.17, 15) is 0 Å². The molecule has 1 aromatic carbocycles. The van der Waals surface area contributed by atoms with Crippen molar-refractivity contribution in [2.24, 2.45) is 10.7 Å². The normalized spacial score (nSPS) is 14.6. The zero-order valence-electron chi connectivity index (χ0n) is 17.4. The quantitative estimate of drug-likeness (QED) is 0.521. The Balaban J connectivity index is 1.68. The molecule has 0 radical (unpaired) electrons. The monoisotopic (exact) mass is 397 g/mol. The second-order valence-electron chi connectivity index (χ2n) is 6.92.